The Morgan fingerprint density at radius 1 is 1.20 bits per heavy atom. The maximum atomic E-state index is 13.5. The van der Waals surface area contributed by atoms with E-state index in [1.807, 2.05) is 35.4 Å². The Kier molecular flexibility index (Phi) is 7.88. The molecular formula is C22H32FN5OS. The number of nitrogens with zero attached hydrogens (tertiary/aromatic N) is 5. The Balaban J connectivity index is 1.81. The van der Waals surface area contributed by atoms with E-state index in [9.17, 15) is 9.18 Å². The van der Waals surface area contributed by atoms with Crippen molar-refractivity contribution < 1.29 is 9.18 Å². The van der Waals surface area contributed by atoms with Crippen LogP contribution in [0.15, 0.2) is 29.4 Å². The minimum absolute atomic E-state index is 0.0157. The fourth-order valence-electron chi connectivity index (χ4n) is 3.95. The van der Waals surface area contributed by atoms with E-state index in [-0.39, 0.29) is 17.8 Å². The van der Waals surface area contributed by atoms with Crippen molar-refractivity contribution in [3.63, 3.8) is 0 Å². The molecule has 0 radical (unpaired) electrons. The van der Waals surface area contributed by atoms with Crippen LogP contribution in [0.4, 0.5) is 4.39 Å². The van der Waals surface area contributed by atoms with E-state index >= 15 is 0 Å². The number of halogens is 1. The predicted octanol–water partition coefficient (Wildman–Crippen LogP) is 4.30. The van der Waals surface area contributed by atoms with Crippen LogP contribution in [0.25, 0.3) is 5.69 Å². The summed E-state index contributed by atoms with van der Waals surface area (Å²) in [5, 5.41) is 9.42. The molecule has 164 valence electrons. The number of carbonyl (C=O) groups is 1. The molecule has 6 nitrogen and oxygen atoms in total. The second-order valence-corrected chi connectivity index (χ2v) is 8.99. The summed E-state index contributed by atoms with van der Waals surface area (Å²) in [5.74, 6) is 0.941. The Hall–Kier alpha value is -1.93. The van der Waals surface area contributed by atoms with E-state index in [2.05, 4.69) is 17.1 Å². The summed E-state index contributed by atoms with van der Waals surface area (Å²) in [6.07, 6.45) is 5.87. The van der Waals surface area contributed by atoms with Gasteiger partial charge in [-0.15, -0.1) is 10.2 Å². The van der Waals surface area contributed by atoms with Gasteiger partial charge in [0.25, 0.3) is 0 Å². The van der Waals surface area contributed by atoms with Crippen molar-refractivity contribution in [1.82, 2.24) is 24.6 Å². The first-order chi connectivity index (χ1) is 14.4. The summed E-state index contributed by atoms with van der Waals surface area (Å²) in [6.45, 7) is 4.83. The molecule has 0 unspecified atom stereocenters. The van der Waals surface area contributed by atoms with Gasteiger partial charge in [-0.3, -0.25) is 14.3 Å². The Bertz CT molecular complexity index is 833. The average molecular weight is 434 g/mol. The fourth-order valence-corrected chi connectivity index (χ4v) is 4.79. The van der Waals surface area contributed by atoms with Gasteiger partial charge in [0.15, 0.2) is 11.0 Å². The molecule has 0 aliphatic heterocycles. The molecule has 1 aliphatic carbocycles. The standard InChI is InChI=1S/C22H32FN5OS/c1-5-27(18-9-7-6-8-10-18)20(29)15-30-22-25-24-21(16(2)26(3)4)28(22)19-13-11-17(23)12-14-19/h11-14,16,18H,5-10,15H2,1-4H3/t16-/m1/s1. The van der Waals surface area contributed by atoms with E-state index < -0.39 is 0 Å². The molecule has 1 amide bonds. The Morgan fingerprint density at radius 2 is 1.87 bits per heavy atom. The monoisotopic (exact) mass is 433 g/mol. The molecular weight excluding hydrogens is 401 g/mol. The molecule has 8 heteroatoms. The summed E-state index contributed by atoms with van der Waals surface area (Å²) in [6, 6.07) is 6.67. The van der Waals surface area contributed by atoms with Crippen LogP contribution >= 0.6 is 11.8 Å². The molecule has 1 aromatic heterocycles. The summed E-state index contributed by atoms with van der Waals surface area (Å²) < 4.78 is 15.4. The van der Waals surface area contributed by atoms with E-state index in [1.165, 1.54) is 43.2 Å². The molecule has 1 aliphatic rings. The maximum absolute atomic E-state index is 13.5. The number of hydrogen-bond acceptors (Lipinski definition) is 5. The third-order valence-electron chi connectivity index (χ3n) is 5.89. The van der Waals surface area contributed by atoms with Crippen LogP contribution < -0.4 is 0 Å². The van der Waals surface area contributed by atoms with Crippen LogP contribution in [0.2, 0.25) is 0 Å². The van der Waals surface area contributed by atoms with Crippen molar-refractivity contribution in [1.29, 1.82) is 0 Å². The number of amides is 1. The second kappa shape index (κ2) is 10.4. The third-order valence-corrected chi connectivity index (χ3v) is 6.81. The zero-order chi connectivity index (χ0) is 21.7. The molecule has 0 bridgehead atoms. The zero-order valence-electron chi connectivity index (χ0n) is 18.3. The van der Waals surface area contributed by atoms with Crippen LogP contribution in [0.3, 0.4) is 0 Å². The van der Waals surface area contributed by atoms with Gasteiger partial charge in [0, 0.05) is 18.3 Å². The molecule has 1 atom stereocenters. The van der Waals surface area contributed by atoms with Crippen molar-refractivity contribution in [2.45, 2.75) is 63.2 Å². The van der Waals surface area contributed by atoms with Gasteiger partial charge >= 0.3 is 0 Å². The third kappa shape index (κ3) is 5.21. The van der Waals surface area contributed by atoms with Crippen molar-refractivity contribution in [2.75, 3.05) is 26.4 Å². The van der Waals surface area contributed by atoms with E-state index in [1.54, 1.807) is 12.1 Å². The van der Waals surface area contributed by atoms with Gasteiger partial charge in [-0.25, -0.2) is 4.39 Å². The largest absolute Gasteiger partial charge is 0.339 e. The van der Waals surface area contributed by atoms with Gasteiger partial charge in [-0.05, 0) is 65.0 Å². The van der Waals surface area contributed by atoms with Crippen molar-refractivity contribution in [3.8, 4) is 5.69 Å². The smallest absolute Gasteiger partial charge is 0.233 e. The SMILES string of the molecule is CCN(C(=O)CSc1nnc([C@@H](C)N(C)C)n1-c1ccc(F)cc1)C1CCCCC1. The first kappa shape index (κ1) is 22.7. The fraction of sp³-hybridized carbons (Fsp3) is 0.591. The number of thioether (sulfide) groups is 1. The highest BCUT2D eigenvalue weighted by molar-refractivity contribution is 7.99. The molecule has 1 aromatic carbocycles. The molecule has 1 saturated carbocycles. The van der Waals surface area contributed by atoms with Gasteiger partial charge < -0.3 is 4.90 Å². The number of aromatic nitrogens is 3. The van der Waals surface area contributed by atoms with E-state index in [4.69, 9.17) is 0 Å². The Morgan fingerprint density at radius 3 is 2.47 bits per heavy atom. The van der Waals surface area contributed by atoms with Crippen LogP contribution in [0, 0.1) is 5.82 Å². The molecule has 1 fully saturated rings. The van der Waals surface area contributed by atoms with Crippen molar-refractivity contribution in [2.24, 2.45) is 0 Å². The molecule has 30 heavy (non-hydrogen) atoms. The number of carbonyl (C=O) groups excluding carboxylic acids is 1. The molecule has 3 rings (SSSR count). The lowest BCUT2D eigenvalue weighted by Gasteiger charge is -2.33. The normalized spacial score (nSPS) is 16.1. The summed E-state index contributed by atoms with van der Waals surface area (Å²) in [5.41, 5.74) is 0.791. The molecule has 1 heterocycles. The van der Waals surface area contributed by atoms with Crippen molar-refractivity contribution in [3.05, 3.63) is 35.9 Å². The van der Waals surface area contributed by atoms with E-state index in [0.29, 0.717) is 17.0 Å². The van der Waals surface area contributed by atoms with Gasteiger partial charge in [0.2, 0.25) is 5.91 Å². The highest BCUT2D eigenvalue weighted by Gasteiger charge is 2.26. The van der Waals surface area contributed by atoms with Gasteiger partial charge in [-0.1, -0.05) is 31.0 Å². The quantitative estimate of drug-likeness (QED) is 0.581. The van der Waals surface area contributed by atoms with Crippen LogP contribution in [-0.2, 0) is 4.79 Å². The first-order valence-electron chi connectivity index (χ1n) is 10.7. The zero-order valence-corrected chi connectivity index (χ0v) is 19.2. The van der Waals surface area contributed by atoms with Crippen LogP contribution in [0.1, 0.15) is 57.8 Å². The molecule has 2 aromatic rings. The minimum atomic E-state index is -0.288. The summed E-state index contributed by atoms with van der Waals surface area (Å²) in [4.78, 5) is 17.0. The molecule has 0 spiro atoms. The summed E-state index contributed by atoms with van der Waals surface area (Å²) in [7, 11) is 3.96. The summed E-state index contributed by atoms with van der Waals surface area (Å²) >= 11 is 1.40. The Labute approximate surface area is 182 Å². The van der Waals surface area contributed by atoms with Crippen LogP contribution in [-0.4, -0.2) is 62.9 Å². The van der Waals surface area contributed by atoms with Crippen molar-refractivity contribution >= 4 is 17.7 Å². The van der Waals surface area contributed by atoms with Crippen LogP contribution in [0.5, 0.6) is 0 Å². The van der Waals surface area contributed by atoms with Gasteiger partial charge in [0.05, 0.1) is 11.8 Å². The lowest BCUT2D eigenvalue weighted by Crippen LogP contribution is -2.42. The lowest BCUT2D eigenvalue weighted by molar-refractivity contribution is -0.131. The molecule has 0 saturated heterocycles. The highest BCUT2D eigenvalue weighted by Crippen LogP contribution is 2.28. The predicted molar refractivity (Wildman–Crippen MR) is 118 cm³/mol. The number of hydrogen-bond donors (Lipinski definition) is 0. The first-order valence-corrected chi connectivity index (χ1v) is 11.7. The maximum Gasteiger partial charge on any atom is 0.233 e. The average Bonchev–Trinajstić information content (AvgIpc) is 3.17. The van der Waals surface area contributed by atoms with Gasteiger partial charge in [0.1, 0.15) is 5.82 Å². The number of rotatable bonds is 8. The second-order valence-electron chi connectivity index (χ2n) is 8.05. The topological polar surface area (TPSA) is 54.3 Å². The highest BCUT2D eigenvalue weighted by atomic mass is 32.2. The lowest BCUT2D eigenvalue weighted by atomic mass is 9.94. The number of benzene rings is 1. The van der Waals surface area contributed by atoms with Gasteiger partial charge in [-0.2, -0.15) is 0 Å². The minimum Gasteiger partial charge on any atom is -0.339 e. The van der Waals surface area contributed by atoms with E-state index in [0.717, 1.165) is 30.9 Å². The molecule has 0 N–H and O–H groups in total.